The number of amides is 2. The fraction of sp³-hybridized carbons (Fsp3) is 0.579. The van der Waals surface area contributed by atoms with Crippen molar-refractivity contribution in [3.8, 4) is 6.07 Å². The molecule has 2 N–H and O–H groups in total. The molecule has 1 aromatic heterocycles. The summed E-state index contributed by atoms with van der Waals surface area (Å²) in [6, 6.07) is 5.46. The number of nitrogens with one attached hydrogen (secondary N) is 2. The largest absolute Gasteiger partial charge is 0.444 e. The van der Waals surface area contributed by atoms with Crippen molar-refractivity contribution < 1.29 is 14.3 Å². The molecule has 0 unspecified atom stereocenters. The van der Waals surface area contributed by atoms with E-state index in [9.17, 15) is 9.59 Å². The molecule has 0 atom stereocenters. The number of nitrogens with zero attached hydrogens (tertiary/aromatic N) is 3. The summed E-state index contributed by atoms with van der Waals surface area (Å²) in [4.78, 5) is 30.1. The molecule has 2 amide bonds. The number of nitriles is 1. The predicted octanol–water partition coefficient (Wildman–Crippen LogP) is 2.13. The third-order valence-corrected chi connectivity index (χ3v) is 4.16. The minimum Gasteiger partial charge on any atom is -0.444 e. The molecule has 1 fully saturated rings. The van der Waals surface area contributed by atoms with Crippen LogP contribution in [-0.4, -0.2) is 53.7 Å². The van der Waals surface area contributed by atoms with E-state index in [4.69, 9.17) is 10.00 Å². The summed E-state index contributed by atoms with van der Waals surface area (Å²) >= 11 is 0. The normalized spacial score (nSPS) is 15.0. The lowest BCUT2D eigenvalue weighted by Crippen LogP contribution is -2.45. The third kappa shape index (κ3) is 6.44. The highest BCUT2D eigenvalue weighted by Crippen LogP contribution is 2.19. The second kappa shape index (κ2) is 9.21. The van der Waals surface area contributed by atoms with E-state index in [0.717, 1.165) is 0 Å². The number of hydrogen-bond donors (Lipinski definition) is 2. The average Bonchev–Trinajstić information content (AvgIpc) is 2.64. The van der Waals surface area contributed by atoms with Crippen LogP contribution >= 0.6 is 0 Å². The van der Waals surface area contributed by atoms with E-state index in [1.165, 1.54) is 0 Å². The number of hydrogen-bond acceptors (Lipinski definition) is 6. The first kappa shape index (κ1) is 20.5. The van der Waals surface area contributed by atoms with Gasteiger partial charge in [-0.15, -0.1) is 0 Å². The van der Waals surface area contributed by atoms with Crippen LogP contribution in [0.5, 0.6) is 0 Å². The summed E-state index contributed by atoms with van der Waals surface area (Å²) < 4.78 is 5.36. The maximum absolute atomic E-state index is 12.3. The Bertz CT molecular complexity index is 700. The van der Waals surface area contributed by atoms with Crippen LogP contribution in [0.15, 0.2) is 18.3 Å². The van der Waals surface area contributed by atoms with E-state index in [-0.39, 0.29) is 17.9 Å². The van der Waals surface area contributed by atoms with Gasteiger partial charge in [0.15, 0.2) is 0 Å². The van der Waals surface area contributed by atoms with Gasteiger partial charge in [-0.2, -0.15) is 5.26 Å². The Morgan fingerprint density at radius 3 is 2.67 bits per heavy atom. The number of aromatic nitrogens is 1. The Morgan fingerprint density at radius 2 is 2.04 bits per heavy atom. The standard InChI is InChI=1S/C19H27N5O3/c1-19(2,3)27-18(26)24-11-6-14(7-12-24)17(25)23-10-9-22-16-15(13-20)5-4-8-21-16/h4-5,8,14H,6-7,9-12H2,1-3H3,(H,21,22)(H,23,25). The summed E-state index contributed by atoms with van der Waals surface area (Å²) in [5.74, 6) is 0.398. The zero-order valence-corrected chi connectivity index (χ0v) is 16.1. The van der Waals surface area contributed by atoms with Gasteiger partial charge in [-0.25, -0.2) is 9.78 Å². The van der Waals surface area contributed by atoms with Crippen LogP contribution < -0.4 is 10.6 Å². The Balaban J connectivity index is 1.69. The molecule has 1 saturated heterocycles. The quantitative estimate of drug-likeness (QED) is 0.766. The van der Waals surface area contributed by atoms with Crippen LogP contribution in [0.1, 0.15) is 39.2 Å². The molecule has 8 nitrogen and oxygen atoms in total. The van der Waals surface area contributed by atoms with Crippen LogP contribution in [0.4, 0.5) is 10.6 Å². The molecule has 1 aliphatic rings. The van der Waals surface area contributed by atoms with Crippen molar-refractivity contribution in [2.75, 3.05) is 31.5 Å². The lowest BCUT2D eigenvalue weighted by Gasteiger charge is -2.32. The van der Waals surface area contributed by atoms with Gasteiger partial charge in [0.2, 0.25) is 5.91 Å². The number of piperidine rings is 1. The number of carbonyl (C=O) groups is 2. The van der Waals surface area contributed by atoms with Gasteiger partial charge in [0, 0.05) is 38.3 Å². The van der Waals surface area contributed by atoms with Crippen LogP contribution in [0.3, 0.4) is 0 Å². The molecule has 0 aliphatic carbocycles. The van der Waals surface area contributed by atoms with Gasteiger partial charge >= 0.3 is 6.09 Å². The van der Waals surface area contributed by atoms with Crippen LogP contribution in [0.25, 0.3) is 0 Å². The monoisotopic (exact) mass is 373 g/mol. The van der Waals surface area contributed by atoms with Gasteiger partial charge in [-0.1, -0.05) is 0 Å². The molecule has 0 aromatic carbocycles. The maximum atomic E-state index is 12.3. The summed E-state index contributed by atoms with van der Waals surface area (Å²) in [7, 11) is 0. The van der Waals surface area contributed by atoms with Crippen LogP contribution in [-0.2, 0) is 9.53 Å². The van der Waals surface area contributed by atoms with Crippen molar-refractivity contribution in [3.63, 3.8) is 0 Å². The van der Waals surface area contributed by atoms with E-state index in [0.29, 0.717) is 50.4 Å². The molecule has 2 rings (SSSR count). The number of ether oxygens (including phenoxy) is 1. The molecule has 0 radical (unpaired) electrons. The predicted molar refractivity (Wildman–Crippen MR) is 101 cm³/mol. The first-order chi connectivity index (χ1) is 12.8. The van der Waals surface area contributed by atoms with Gasteiger partial charge < -0.3 is 20.3 Å². The molecule has 27 heavy (non-hydrogen) atoms. The highest BCUT2D eigenvalue weighted by molar-refractivity contribution is 5.79. The summed E-state index contributed by atoms with van der Waals surface area (Å²) in [5, 5.41) is 15.0. The van der Waals surface area contributed by atoms with Crippen molar-refractivity contribution in [3.05, 3.63) is 23.9 Å². The molecule has 0 saturated carbocycles. The fourth-order valence-corrected chi connectivity index (χ4v) is 2.80. The van der Waals surface area contributed by atoms with Crippen LogP contribution in [0.2, 0.25) is 0 Å². The van der Waals surface area contributed by atoms with Gasteiger partial charge in [0.1, 0.15) is 17.5 Å². The van der Waals surface area contributed by atoms with Gasteiger partial charge in [0.05, 0.1) is 5.56 Å². The smallest absolute Gasteiger partial charge is 0.410 e. The third-order valence-electron chi connectivity index (χ3n) is 4.16. The molecule has 2 heterocycles. The molecular formula is C19H27N5O3. The molecule has 8 heteroatoms. The number of anilines is 1. The first-order valence-electron chi connectivity index (χ1n) is 9.15. The Kier molecular flexibility index (Phi) is 6.99. The second-order valence-electron chi connectivity index (χ2n) is 7.47. The minimum absolute atomic E-state index is 0.0119. The highest BCUT2D eigenvalue weighted by Gasteiger charge is 2.29. The number of pyridine rings is 1. The minimum atomic E-state index is -0.517. The maximum Gasteiger partial charge on any atom is 0.410 e. The average molecular weight is 373 g/mol. The topological polar surface area (TPSA) is 107 Å². The molecule has 146 valence electrons. The molecule has 0 bridgehead atoms. The lowest BCUT2D eigenvalue weighted by molar-refractivity contribution is -0.126. The van der Waals surface area contributed by atoms with Gasteiger partial charge in [0.25, 0.3) is 0 Å². The van der Waals surface area contributed by atoms with E-state index in [1.807, 2.05) is 20.8 Å². The van der Waals surface area contributed by atoms with E-state index in [1.54, 1.807) is 23.2 Å². The van der Waals surface area contributed by atoms with Crippen LogP contribution in [0, 0.1) is 17.2 Å². The zero-order valence-electron chi connectivity index (χ0n) is 16.1. The van der Waals surface area contributed by atoms with Crippen molar-refractivity contribution in [1.29, 1.82) is 5.26 Å². The van der Waals surface area contributed by atoms with E-state index >= 15 is 0 Å². The summed E-state index contributed by atoms with van der Waals surface area (Å²) in [6.45, 7) is 7.47. The Morgan fingerprint density at radius 1 is 1.33 bits per heavy atom. The van der Waals surface area contributed by atoms with Gasteiger partial charge in [-0.3, -0.25) is 4.79 Å². The highest BCUT2D eigenvalue weighted by atomic mass is 16.6. The van der Waals surface area contributed by atoms with Crippen molar-refractivity contribution in [1.82, 2.24) is 15.2 Å². The summed E-state index contributed by atoms with van der Waals surface area (Å²) in [5.41, 5.74) is -0.0459. The molecule has 0 spiro atoms. The zero-order chi connectivity index (χ0) is 19.9. The van der Waals surface area contributed by atoms with Crippen molar-refractivity contribution in [2.45, 2.75) is 39.2 Å². The Hall–Kier alpha value is -2.82. The number of likely N-dealkylation sites (tertiary alicyclic amines) is 1. The summed E-state index contributed by atoms with van der Waals surface area (Å²) in [6.07, 6.45) is 2.53. The molecular weight excluding hydrogens is 346 g/mol. The number of rotatable bonds is 5. The van der Waals surface area contributed by atoms with E-state index in [2.05, 4.69) is 21.7 Å². The van der Waals surface area contributed by atoms with Crippen molar-refractivity contribution in [2.24, 2.45) is 5.92 Å². The fourth-order valence-electron chi connectivity index (χ4n) is 2.80. The van der Waals surface area contributed by atoms with Crippen molar-refractivity contribution >= 4 is 17.8 Å². The second-order valence-corrected chi connectivity index (χ2v) is 7.47. The lowest BCUT2D eigenvalue weighted by atomic mass is 9.96. The molecule has 1 aromatic rings. The Labute approximate surface area is 159 Å². The van der Waals surface area contributed by atoms with E-state index < -0.39 is 5.60 Å². The molecule has 1 aliphatic heterocycles. The SMILES string of the molecule is CC(C)(C)OC(=O)N1CCC(C(=O)NCCNc2ncccc2C#N)CC1. The number of carbonyl (C=O) groups excluding carboxylic acids is 2. The first-order valence-corrected chi connectivity index (χ1v) is 9.15. The van der Waals surface area contributed by atoms with Gasteiger partial charge in [-0.05, 0) is 45.7 Å².